The molecule has 0 radical (unpaired) electrons. The van der Waals surface area contributed by atoms with Crippen molar-refractivity contribution < 1.29 is 14.0 Å². The fraction of sp³-hybridized carbons (Fsp3) is 0.440. The van der Waals surface area contributed by atoms with Gasteiger partial charge in [0.05, 0.1) is 0 Å². The van der Waals surface area contributed by atoms with Crippen LogP contribution >= 0.6 is 11.6 Å². The van der Waals surface area contributed by atoms with Crippen LogP contribution in [-0.4, -0.2) is 28.8 Å². The lowest BCUT2D eigenvalue weighted by molar-refractivity contribution is -0.141. The molecule has 2 amide bonds. The van der Waals surface area contributed by atoms with Crippen LogP contribution in [0.15, 0.2) is 48.5 Å². The summed E-state index contributed by atoms with van der Waals surface area (Å²) in [5.41, 5.74) is 1.70. The summed E-state index contributed by atoms with van der Waals surface area (Å²) in [5, 5.41) is 3.76. The highest BCUT2D eigenvalue weighted by Crippen LogP contribution is 2.21. The average molecular weight is 445 g/mol. The molecule has 0 aliphatic heterocycles. The van der Waals surface area contributed by atoms with E-state index in [0.717, 1.165) is 36.8 Å². The molecule has 31 heavy (non-hydrogen) atoms. The van der Waals surface area contributed by atoms with Crippen LogP contribution in [0.5, 0.6) is 0 Å². The number of aryl methyl sites for hydroxylation is 1. The molecule has 1 aliphatic carbocycles. The Morgan fingerprint density at radius 2 is 1.81 bits per heavy atom. The van der Waals surface area contributed by atoms with Gasteiger partial charge in [-0.1, -0.05) is 61.7 Å². The quantitative estimate of drug-likeness (QED) is 0.572. The maximum Gasteiger partial charge on any atom is 0.243 e. The second kappa shape index (κ2) is 11.3. The number of nitrogens with zero attached hydrogens (tertiary/aromatic N) is 1. The standard InChI is InChI=1S/C25H30ClFN2O2/c1-2-23(25(31)28-21-8-4-5-9-21)29(17-18-11-14-20(27)15-12-18)24(30)16-13-19-7-3-6-10-22(19)26/h3,6-7,10-12,14-15,21,23H,2,4-5,8-9,13,16-17H2,1H3,(H,28,31)/t23-/m0/s1. The number of benzene rings is 2. The van der Waals surface area contributed by atoms with Crippen LogP contribution in [0.25, 0.3) is 0 Å². The van der Waals surface area contributed by atoms with Gasteiger partial charge in [-0.2, -0.15) is 0 Å². The number of carbonyl (C=O) groups is 2. The Hall–Kier alpha value is -2.40. The normalized spacial score (nSPS) is 14.9. The van der Waals surface area contributed by atoms with Crippen molar-refractivity contribution in [2.45, 2.75) is 70.5 Å². The lowest BCUT2D eigenvalue weighted by atomic mass is 10.1. The maximum absolute atomic E-state index is 13.4. The van der Waals surface area contributed by atoms with Crippen molar-refractivity contribution in [3.8, 4) is 0 Å². The van der Waals surface area contributed by atoms with Gasteiger partial charge in [-0.25, -0.2) is 4.39 Å². The van der Waals surface area contributed by atoms with Crippen molar-refractivity contribution in [3.05, 3.63) is 70.5 Å². The number of halogens is 2. The Bertz CT molecular complexity index is 881. The van der Waals surface area contributed by atoms with E-state index in [9.17, 15) is 14.0 Å². The van der Waals surface area contributed by atoms with Gasteiger partial charge >= 0.3 is 0 Å². The highest BCUT2D eigenvalue weighted by atomic mass is 35.5. The number of nitrogens with one attached hydrogen (secondary N) is 1. The minimum atomic E-state index is -0.565. The maximum atomic E-state index is 13.4. The number of hydrogen-bond acceptors (Lipinski definition) is 2. The number of amides is 2. The van der Waals surface area contributed by atoms with Crippen molar-refractivity contribution in [1.29, 1.82) is 0 Å². The molecule has 1 aliphatic rings. The summed E-state index contributed by atoms with van der Waals surface area (Å²) < 4.78 is 13.4. The van der Waals surface area contributed by atoms with Crippen molar-refractivity contribution in [2.75, 3.05) is 0 Å². The molecule has 2 aromatic carbocycles. The van der Waals surface area contributed by atoms with Gasteiger partial charge in [-0.15, -0.1) is 0 Å². The van der Waals surface area contributed by atoms with E-state index in [-0.39, 0.29) is 36.6 Å². The molecule has 2 aromatic rings. The summed E-state index contributed by atoms with van der Waals surface area (Å²) in [5.74, 6) is -0.549. The largest absolute Gasteiger partial charge is 0.352 e. The number of carbonyl (C=O) groups excluding carboxylic acids is 2. The Labute approximate surface area is 188 Å². The minimum Gasteiger partial charge on any atom is -0.352 e. The molecule has 0 aromatic heterocycles. The van der Waals surface area contributed by atoms with E-state index in [1.165, 1.54) is 12.1 Å². The zero-order valence-electron chi connectivity index (χ0n) is 17.9. The van der Waals surface area contributed by atoms with Gasteiger partial charge in [0.15, 0.2) is 0 Å². The highest BCUT2D eigenvalue weighted by molar-refractivity contribution is 6.31. The molecule has 0 heterocycles. The van der Waals surface area contributed by atoms with Gasteiger partial charge in [0.1, 0.15) is 11.9 Å². The smallest absolute Gasteiger partial charge is 0.243 e. The second-order valence-corrected chi connectivity index (χ2v) is 8.56. The number of hydrogen-bond donors (Lipinski definition) is 1. The SMILES string of the molecule is CC[C@@H](C(=O)NC1CCCC1)N(Cc1ccc(F)cc1)C(=O)CCc1ccccc1Cl. The zero-order valence-corrected chi connectivity index (χ0v) is 18.7. The molecule has 1 saturated carbocycles. The van der Waals surface area contributed by atoms with E-state index in [1.54, 1.807) is 17.0 Å². The summed E-state index contributed by atoms with van der Waals surface area (Å²) in [6, 6.07) is 13.2. The summed E-state index contributed by atoms with van der Waals surface area (Å²) >= 11 is 6.24. The summed E-state index contributed by atoms with van der Waals surface area (Å²) in [4.78, 5) is 28.0. The molecule has 3 rings (SSSR count). The molecular formula is C25H30ClFN2O2. The lowest BCUT2D eigenvalue weighted by Gasteiger charge is -2.31. The van der Waals surface area contributed by atoms with Crippen molar-refractivity contribution in [1.82, 2.24) is 10.2 Å². The molecule has 1 atom stereocenters. The Balaban J connectivity index is 1.76. The van der Waals surface area contributed by atoms with E-state index < -0.39 is 6.04 Å². The van der Waals surface area contributed by atoms with Crippen molar-refractivity contribution >= 4 is 23.4 Å². The van der Waals surface area contributed by atoms with Crippen LogP contribution < -0.4 is 5.32 Å². The fourth-order valence-electron chi connectivity index (χ4n) is 4.16. The molecular weight excluding hydrogens is 415 g/mol. The van der Waals surface area contributed by atoms with E-state index in [4.69, 9.17) is 11.6 Å². The van der Waals surface area contributed by atoms with Crippen LogP contribution in [0, 0.1) is 5.82 Å². The Kier molecular flexibility index (Phi) is 8.47. The van der Waals surface area contributed by atoms with Crippen LogP contribution in [-0.2, 0) is 22.6 Å². The van der Waals surface area contributed by atoms with Crippen LogP contribution in [0.1, 0.15) is 56.6 Å². The predicted octanol–water partition coefficient (Wildman–Crippen LogP) is 5.28. The topological polar surface area (TPSA) is 49.4 Å². The van der Waals surface area contributed by atoms with Crippen LogP contribution in [0.3, 0.4) is 0 Å². The van der Waals surface area contributed by atoms with Gasteiger partial charge in [-0.05, 0) is 55.0 Å². The van der Waals surface area contributed by atoms with E-state index in [0.29, 0.717) is 17.9 Å². The molecule has 0 saturated heterocycles. The second-order valence-electron chi connectivity index (χ2n) is 8.15. The van der Waals surface area contributed by atoms with Crippen LogP contribution in [0.2, 0.25) is 5.02 Å². The minimum absolute atomic E-state index is 0.109. The Morgan fingerprint density at radius 1 is 1.13 bits per heavy atom. The number of rotatable bonds is 9. The first-order valence-corrected chi connectivity index (χ1v) is 11.4. The fourth-order valence-corrected chi connectivity index (χ4v) is 4.39. The molecule has 4 nitrogen and oxygen atoms in total. The van der Waals surface area contributed by atoms with Crippen LogP contribution in [0.4, 0.5) is 4.39 Å². The van der Waals surface area contributed by atoms with Crippen molar-refractivity contribution in [2.24, 2.45) is 0 Å². The van der Waals surface area contributed by atoms with E-state index in [1.807, 2.05) is 31.2 Å². The van der Waals surface area contributed by atoms with Gasteiger partial charge in [0.25, 0.3) is 0 Å². The zero-order chi connectivity index (χ0) is 22.2. The summed E-state index contributed by atoms with van der Waals surface area (Å²) in [6.45, 7) is 2.18. The highest BCUT2D eigenvalue weighted by Gasteiger charge is 2.30. The first-order valence-electron chi connectivity index (χ1n) is 11.1. The van der Waals surface area contributed by atoms with Gasteiger partial charge in [0, 0.05) is 24.0 Å². The third-order valence-corrected chi connectivity index (χ3v) is 6.29. The third kappa shape index (κ3) is 6.54. The van der Waals surface area contributed by atoms with Gasteiger partial charge in [-0.3, -0.25) is 9.59 Å². The molecule has 6 heteroatoms. The lowest BCUT2D eigenvalue weighted by Crippen LogP contribution is -2.51. The molecule has 1 N–H and O–H groups in total. The van der Waals surface area contributed by atoms with Gasteiger partial charge < -0.3 is 10.2 Å². The average Bonchev–Trinajstić information content (AvgIpc) is 3.27. The summed E-state index contributed by atoms with van der Waals surface area (Å²) in [6.07, 6.45) is 5.48. The van der Waals surface area contributed by atoms with Gasteiger partial charge in [0.2, 0.25) is 11.8 Å². The molecule has 166 valence electrons. The molecule has 0 spiro atoms. The van der Waals surface area contributed by atoms with Crippen molar-refractivity contribution in [3.63, 3.8) is 0 Å². The summed E-state index contributed by atoms with van der Waals surface area (Å²) in [7, 11) is 0. The predicted molar refractivity (Wildman–Crippen MR) is 121 cm³/mol. The monoisotopic (exact) mass is 444 g/mol. The van der Waals surface area contributed by atoms with E-state index in [2.05, 4.69) is 5.32 Å². The first kappa shape index (κ1) is 23.3. The molecule has 0 unspecified atom stereocenters. The first-order chi connectivity index (χ1) is 15.0. The molecule has 1 fully saturated rings. The van der Waals surface area contributed by atoms with E-state index >= 15 is 0 Å². The third-order valence-electron chi connectivity index (χ3n) is 5.92. The molecule has 0 bridgehead atoms. The Morgan fingerprint density at radius 3 is 2.45 bits per heavy atom.